The van der Waals surface area contributed by atoms with Crippen LogP contribution in [-0.4, -0.2) is 10.9 Å². The number of carbonyl (C=O) groups excluding carboxylic acids is 1. The third kappa shape index (κ3) is 3.46. The molecule has 0 bridgehead atoms. The van der Waals surface area contributed by atoms with Crippen LogP contribution in [0.1, 0.15) is 15.2 Å². The minimum Gasteiger partial charge on any atom is -0.398 e. The van der Waals surface area contributed by atoms with Gasteiger partial charge in [0.15, 0.2) is 0 Å². The number of nitrogens with zero attached hydrogens (tertiary/aromatic N) is 1. The second-order valence-electron chi connectivity index (χ2n) is 6.19. The summed E-state index contributed by atoms with van der Waals surface area (Å²) in [5.74, 6) is -0.167. The number of hydrogen-bond acceptors (Lipinski definition) is 4. The van der Waals surface area contributed by atoms with E-state index in [1.54, 1.807) is 6.20 Å². The molecule has 2 aromatic carbocycles. The lowest BCUT2D eigenvalue weighted by Crippen LogP contribution is -2.12. The first-order chi connectivity index (χ1) is 13.0. The smallest absolute Gasteiger partial charge is 0.265 e. The van der Waals surface area contributed by atoms with Gasteiger partial charge < -0.3 is 11.1 Å². The van der Waals surface area contributed by atoms with Crippen LogP contribution in [0.15, 0.2) is 65.3 Å². The van der Waals surface area contributed by atoms with Gasteiger partial charge in [0.05, 0.1) is 10.6 Å². The first kappa shape index (κ1) is 17.7. The zero-order valence-electron chi connectivity index (χ0n) is 14.5. The number of aryl methyl sites for hydroxylation is 1. The van der Waals surface area contributed by atoms with E-state index in [-0.39, 0.29) is 5.91 Å². The van der Waals surface area contributed by atoms with Crippen molar-refractivity contribution in [1.82, 2.24) is 4.98 Å². The number of hydrogen-bond donors (Lipinski definition) is 2. The van der Waals surface area contributed by atoms with E-state index >= 15 is 0 Å². The third-order valence-corrected chi connectivity index (χ3v) is 5.95. The maximum absolute atomic E-state index is 12.8. The molecular weight excluding hydrogens is 422 g/mol. The number of thiophene rings is 1. The molecule has 0 saturated carbocycles. The molecule has 4 rings (SSSR count). The highest BCUT2D eigenvalue weighted by Crippen LogP contribution is 2.37. The number of amides is 1. The van der Waals surface area contributed by atoms with E-state index in [4.69, 9.17) is 5.73 Å². The van der Waals surface area contributed by atoms with Gasteiger partial charge in [0.2, 0.25) is 0 Å². The molecule has 3 N–H and O–H groups in total. The maximum atomic E-state index is 12.8. The summed E-state index contributed by atoms with van der Waals surface area (Å²) in [7, 11) is 0. The quantitative estimate of drug-likeness (QED) is 0.393. The predicted octanol–water partition coefficient (Wildman–Crippen LogP) is 5.87. The standard InChI is InChI=1S/C21H16BrN3OS/c1-12-4-9-16(18(19(12)23)13-5-7-15(22)8-6-13)25-20(26)17-11-14-3-2-10-24-21(14)27-17/h2-11H,23H2,1H3,(H,25,26). The normalized spacial score (nSPS) is 10.9. The molecule has 27 heavy (non-hydrogen) atoms. The number of halogens is 1. The zero-order chi connectivity index (χ0) is 19.0. The van der Waals surface area contributed by atoms with Gasteiger partial charge in [0, 0.05) is 27.3 Å². The van der Waals surface area contributed by atoms with Crippen LogP contribution >= 0.6 is 27.3 Å². The molecule has 6 heteroatoms. The average molecular weight is 438 g/mol. The number of carbonyl (C=O) groups is 1. The molecule has 0 fully saturated rings. The Hall–Kier alpha value is -2.70. The number of anilines is 2. The lowest BCUT2D eigenvalue weighted by atomic mass is 9.98. The topological polar surface area (TPSA) is 68.0 Å². The van der Waals surface area contributed by atoms with E-state index in [1.807, 2.05) is 61.5 Å². The van der Waals surface area contributed by atoms with Crippen molar-refractivity contribution in [2.75, 3.05) is 11.1 Å². The molecule has 0 radical (unpaired) electrons. The van der Waals surface area contributed by atoms with Crippen molar-refractivity contribution in [3.05, 3.63) is 75.7 Å². The Kier molecular flexibility index (Phi) is 4.68. The van der Waals surface area contributed by atoms with Gasteiger partial charge in [-0.05, 0) is 48.4 Å². The molecule has 2 aromatic heterocycles. The minimum atomic E-state index is -0.167. The predicted molar refractivity (Wildman–Crippen MR) is 116 cm³/mol. The van der Waals surface area contributed by atoms with E-state index in [9.17, 15) is 4.79 Å². The van der Waals surface area contributed by atoms with Crippen molar-refractivity contribution >= 4 is 54.8 Å². The van der Waals surface area contributed by atoms with Crippen LogP contribution in [0.5, 0.6) is 0 Å². The van der Waals surface area contributed by atoms with E-state index in [1.165, 1.54) is 11.3 Å². The largest absolute Gasteiger partial charge is 0.398 e. The Bertz CT molecular complexity index is 1120. The van der Waals surface area contributed by atoms with Crippen LogP contribution in [-0.2, 0) is 0 Å². The second-order valence-corrected chi connectivity index (χ2v) is 8.13. The number of nitrogen functional groups attached to an aromatic ring is 1. The second kappa shape index (κ2) is 7.13. The molecule has 4 aromatic rings. The fourth-order valence-electron chi connectivity index (χ4n) is 2.92. The number of benzene rings is 2. The Labute approximate surface area is 169 Å². The van der Waals surface area contributed by atoms with Crippen molar-refractivity contribution in [2.24, 2.45) is 0 Å². The van der Waals surface area contributed by atoms with Crippen molar-refractivity contribution in [3.63, 3.8) is 0 Å². The lowest BCUT2D eigenvalue weighted by molar-refractivity contribution is 0.103. The molecule has 4 nitrogen and oxygen atoms in total. The summed E-state index contributed by atoms with van der Waals surface area (Å²) in [5.41, 5.74) is 10.5. The summed E-state index contributed by atoms with van der Waals surface area (Å²) in [5, 5.41) is 3.98. The van der Waals surface area contributed by atoms with Crippen molar-refractivity contribution in [2.45, 2.75) is 6.92 Å². The summed E-state index contributed by atoms with van der Waals surface area (Å²) in [6.45, 7) is 1.96. The number of nitrogens with one attached hydrogen (secondary N) is 1. The Morgan fingerprint density at radius 2 is 1.93 bits per heavy atom. The van der Waals surface area contributed by atoms with Crippen molar-refractivity contribution < 1.29 is 4.79 Å². The summed E-state index contributed by atoms with van der Waals surface area (Å²) in [6.07, 6.45) is 1.73. The van der Waals surface area contributed by atoms with Gasteiger partial charge in [-0.3, -0.25) is 4.79 Å². The molecule has 0 unspecified atom stereocenters. The first-order valence-electron chi connectivity index (χ1n) is 8.34. The van der Waals surface area contributed by atoms with E-state index in [2.05, 4.69) is 26.2 Å². The van der Waals surface area contributed by atoms with Crippen molar-refractivity contribution in [1.29, 1.82) is 0 Å². The molecule has 1 amide bonds. The van der Waals surface area contributed by atoms with E-state index in [0.717, 1.165) is 31.4 Å². The fraction of sp³-hybridized carbons (Fsp3) is 0.0476. The SMILES string of the molecule is Cc1ccc(NC(=O)c2cc3cccnc3s2)c(-c2ccc(Br)cc2)c1N. The highest BCUT2D eigenvalue weighted by molar-refractivity contribution is 9.10. The van der Waals surface area contributed by atoms with Gasteiger partial charge in [-0.25, -0.2) is 4.98 Å². The monoisotopic (exact) mass is 437 g/mol. The number of rotatable bonds is 3. The Morgan fingerprint density at radius 1 is 1.15 bits per heavy atom. The third-order valence-electron chi connectivity index (χ3n) is 4.36. The zero-order valence-corrected chi connectivity index (χ0v) is 16.9. The van der Waals surface area contributed by atoms with Crippen LogP contribution in [0.4, 0.5) is 11.4 Å². The van der Waals surface area contributed by atoms with Crippen LogP contribution in [0.2, 0.25) is 0 Å². The maximum Gasteiger partial charge on any atom is 0.265 e. The summed E-state index contributed by atoms with van der Waals surface area (Å²) < 4.78 is 0.987. The fourth-order valence-corrected chi connectivity index (χ4v) is 4.09. The number of pyridine rings is 1. The molecule has 0 aliphatic rings. The van der Waals surface area contributed by atoms with Gasteiger partial charge in [0.25, 0.3) is 5.91 Å². The molecule has 0 spiro atoms. The lowest BCUT2D eigenvalue weighted by Gasteiger charge is -2.15. The molecular formula is C21H16BrN3OS. The van der Waals surface area contributed by atoms with Crippen molar-refractivity contribution in [3.8, 4) is 11.1 Å². The van der Waals surface area contributed by atoms with Gasteiger partial charge in [0.1, 0.15) is 4.83 Å². The Morgan fingerprint density at radius 3 is 2.67 bits per heavy atom. The number of nitrogens with two attached hydrogens (primary N) is 1. The Balaban J connectivity index is 1.74. The van der Waals surface area contributed by atoms with Crippen LogP contribution < -0.4 is 11.1 Å². The molecule has 0 aliphatic carbocycles. The summed E-state index contributed by atoms with van der Waals surface area (Å²) in [4.78, 5) is 18.6. The molecule has 2 heterocycles. The molecule has 0 saturated heterocycles. The molecule has 0 atom stereocenters. The van der Waals surface area contributed by atoms with Gasteiger partial charge in [-0.15, -0.1) is 11.3 Å². The molecule has 0 aliphatic heterocycles. The van der Waals surface area contributed by atoms with Crippen LogP contribution in [0.25, 0.3) is 21.3 Å². The number of fused-ring (bicyclic) bond motifs is 1. The minimum absolute atomic E-state index is 0.167. The van der Waals surface area contributed by atoms with Crippen LogP contribution in [0.3, 0.4) is 0 Å². The average Bonchev–Trinajstić information content (AvgIpc) is 3.10. The number of aromatic nitrogens is 1. The van der Waals surface area contributed by atoms with Gasteiger partial charge in [-0.2, -0.15) is 0 Å². The first-order valence-corrected chi connectivity index (χ1v) is 9.95. The van der Waals surface area contributed by atoms with Gasteiger partial charge in [-0.1, -0.05) is 40.2 Å². The highest BCUT2D eigenvalue weighted by atomic mass is 79.9. The summed E-state index contributed by atoms with van der Waals surface area (Å²) >= 11 is 4.83. The van der Waals surface area contributed by atoms with Gasteiger partial charge >= 0.3 is 0 Å². The molecule has 134 valence electrons. The van der Waals surface area contributed by atoms with Crippen LogP contribution in [0, 0.1) is 6.92 Å². The summed E-state index contributed by atoms with van der Waals surface area (Å²) in [6, 6.07) is 17.4. The van der Waals surface area contributed by atoms with E-state index < -0.39 is 0 Å². The van der Waals surface area contributed by atoms with E-state index in [0.29, 0.717) is 16.3 Å². The highest BCUT2D eigenvalue weighted by Gasteiger charge is 2.16.